The predicted octanol–water partition coefficient (Wildman–Crippen LogP) is 1.02. The Balaban J connectivity index is 1.67. The van der Waals surface area contributed by atoms with Crippen molar-refractivity contribution in [3.05, 3.63) is 36.7 Å². The van der Waals surface area contributed by atoms with E-state index in [-0.39, 0.29) is 12.2 Å². The smallest absolute Gasteiger partial charge is 0.336 e. The molecule has 1 aromatic carbocycles. The van der Waals surface area contributed by atoms with Gasteiger partial charge in [0.25, 0.3) is 0 Å². The number of methoxy groups -OCH3 is 1. The van der Waals surface area contributed by atoms with Crippen LogP contribution in [-0.2, 0) is 4.74 Å². The molecular formula is C14H18N4O2. The zero-order valence-corrected chi connectivity index (χ0v) is 11.6. The van der Waals surface area contributed by atoms with Crippen LogP contribution in [0.5, 0.6) is 6.01 Å². The number of hydrogen-bond acceptors (Lipinski definition) is 5. The molecule has 0 spiro atoms. The third-order valence-electron chi connectivity index (χ3n) is 3.64. The van der Waals surface area contributed by atoms with Crippen molar-refractivity contribution in [2.24, 2.45) is 0 Å². The Morgan fingerprint density at radius 1 is 1.30 bits per heavy atom. The van der Waals surface area contributed by atoms with E-state index in [0.29, 0.717) is 12.1 Å². The van der Waals surface area contributed by atoms with Crippen LogP contribution in [0.4, 0.5) is 0 Å². The van der Waals surface area contributed by atoms with Crippen LogP contribution in [-0.4, -0.2) is 47.2 Å². The molecule has 0 aliphatic heterocycles. The Kier molecular flexibility index (Phi) is 3.66. The fourth-order valence-electron chi connectivity index (χ4n) is 2.44. The van der Waals surface area contributed by atoms with Gasteiger partial charge in [0, 0.05) is 19.6 Å². The van der Waals surface area contributed by atoms with Crippen LogP contribution in [0.15, 0.2) is 36.7 Å². The van der Waals surface area contributed by atoms with Crippen LogP contribution in [0.3, 0.4) is 0 Å². The maximum Gasteiger partial charge on any atom is 0.336 e. The van der Waals surface area contributed by atoms with Gasteiger partial charge in [0.15, 0.2) is 0 Å². The summed E-state index contributed by atoms with van der Waals surface area (Å²) in [5.41, 5.74) is 0.958. The van der Waals surface area contributed by atoms with Gasteiger partial charge in [-0.2, -0.15) is 4.98 Å². The second-order valence-corrected chi connectivity index (χ2v) is 4.79. The minimum absolute atomic E-state index is 0.00377. The maximum atomic E-state index is 5.78. The van der Waals surface area contributed by atoms with Crippen LogP contribution in [0.2, 0.25) is 0 Å². The van der Waals surface area contributed by atoms with Gasteiger partial charge in [-0.15, -0.1) is 5.10 Å². The summed E-state index contributed by atoms with van der Waals surface area (Å²) in [6.45, 7) is 0. The fraction of sp³-hybridized carbons (Fsp3) is 0.429. The molecule has 106 valence electrons. The van der Waals surface area contributed by atoms with E-state index < -0.39 is 0 Å². The zero-order chi connectivity index (χ0) is 13.9. The number of aromatic nitrogens is 3. The van der Waals surface area contributed by atoms with Crippen molar-refractivity contribution < 1.29 is 9.47 Å². The normalized spacial score (nSPS) is 25.2. The Bertz CT molecular complexity index is 557. The summed E-state index contributed by atoms with van der Waals surface area (Å²) in [6.07, 6.45) is 2.60. The zero-order valence-electron chi connectivity index (χ0n) is 11.6. The van der Waals surface area contributed by atoms with Crippen LogP contribution >= 0.6 is 0 Å². The molecule has 0 radical (unpaired) electrons. The van der Waals surface area contributed by atoms with Crippen molar-refractivity contribution in [3.63, 3.8) is 0 Å². The molecule has 3 rings (SSSR count). The van der Waals surface area contributed by atoms with Gasteiger partial charge in [-0.05, 0) is 19.2 Å². The Hall–Kier alpha value is -1.92. The number of hydrogen-bond donors (Lipinski definition) is 1. The molecule has 3 unspecified atom stereocenters. The molecule has 6 nitrogen and oxygen atoms in total. The molecule has 1 aliphatic carbocycles. The van der Waals surface area contributed by atoms with E-state index >= 15 is 0 Å². The SMILES string of the molecule is CNC1CC(Oc2ncn(-c3ccccc3)n2)C1OC. The minimum atomic E-state index is 0.00377. The van der Waals surface area contributed by atoms with E-state index in [4.69, 9.17) is 9.47 Å². The van der Waals surface area contributed by atoms with E-state index in [9.17, 15) is 0 Å². The summed E-state index contributed by atoms with van der Waals surface area (Å²) in [5.74, 6) is 0. The largest absolute Gasteiger partial charge is 0.456 e. The summed E-state index contributed by atoms with van der Waals surface area (Å²) in [4.78, 5) is 4.19. The van der Waals surface area contributed by atoms with Crippen molar-refractivity contribution in [3.8, 4) is 11.7 Å². The molecule has 0 saturated heterocycles. The van der Waals surface area contributed by atoms with E-state index in [1.165, 1.54) is 0 Å². The first kappa shape index (κ1) is 13.1. The highest BCUT2D eigenvalue weighted by Gasteiger charge is 2.42. The van der Waals surface area contributed by atoms with E-state index in [0.717, 1.165) is 12.1 Å². The standard InChI is InChI=1S/C14H18N4O2/c1-15-11-8-12(13(11)19-2)20-14-16-9-18(17-14)10-6-4-3-5-7-10/h3-7,9,11-13,15H,8H2,1-2H3. The number of benzene rings is 1. The van der Waals surface area contributed by atoms with E-state index in [2.05, 4.69) is 15.4 Å². The maximum absolute atomic E-state index is 5.78. The van der Waals surface area contributed by atoms with Gasteiger partial charge in [-0.25, -0.2) is 4.68 Å². The van der Waals surface area contributed by atoms with Crippen molar-refractivity contribution in [1.82, 2.24) is 20.1 Å². The molecular weight excluding hydrogens is 256 g/mol. The molecule has 20 heavy (non-hydrogen) atoms. The number of ether oxygens (including phenoxy) is 2. The molecule has 1 heterocycles. The molecule has 2 aromatic rings. The summed E-state index contributed by atoms with van der Waals surface area (Å²) in [7, 11) is 3.62. The summed E-state index contributed by atoms with van der Waals surface area (Å²) in [5, 5.41) is 7.53. The topological polar surface area (TPSA) is 61.2 Å². The van der Waals surface area contributed by atoms with Crippen LogP contribution in [0.1, 0.15) is 6.42 Å². The lowest BCUT2D eigenvalue weighted by Gasteiger charge is -2.42. The van der Waals surface area contributed by atoms with E-state index in [1.807, 2.05) is 37.4 Å². The monoisotopic (exact) mass is 274 g/mol. The summed E-state index contributed by atoms with van der Waals surface area (Å²) >= 11 is 0. The fourth-order valence-corrected chi connectivity index (χ4v) is 2.44. The molecule has 6 heteroatoms. The molecule has 1 N–H and O–H groups in total. The highest BCUT2D eigenvalue weighted by molar-refractivity contribution is 5.29. The number of rotatable bonds is 5. The van der Waals surface area contributed by atoms with Crippen LogP contribution in [0.25, 0.3) is 5.69 Å². The van der Waals surface area contributed by atoms with Gasteiger partial charge >= 0.3 is 6.01 Å². The molecule has 0 amide bonds. The van der Waals surface area contributed by atoms with E-state index in [1.54, 1.807) is 18.1 Å². The average molecular weight is 274 g/mol. The lowest BCUT2D eigenvalue weighted by atomic mass is 9.85. The Morgan fingerprint density at radius 3 is 2.80 bits per heavy atom. The first-order chi connectivity index (χ1) is 9.81. The lowest BCUT2D eigenvalue weighted by Crippen LogP contribution is -2.60. The summed E-state index contributed by atoms with van der Waals surface area (Å²) < 4.78 is 12.9. The number of likely N-dealkylation sites (N-methyl/N-ethyl adjacent to an activating group) is 1. The van der Waals surface area contributed by atoms with Crippen molar-refractivity contribution in [1.29, 1.82) is 0 Å². The first-order valence-corrected chi connectivity index (χ1v) is 6.65. The molecule has 0 bridgehead atoms. The second-order valence-electron chi connectivity index (χ2n) is 4.79. The van der Waals surface area contributed by atoms with Crippen LogP contribution in [0, 0.1) is 0 Å². The third-order valence-corrected chi connectivity index (χ3v) is 3.64. The third kappa shape index (κ3) is 2.39. The lowest BCUT2D eigenvalue weighted by molar-refractivity contribution is -0.0899. The predicted molar refractivity (Wildman–Crippen MR) is 74.0 cm³/mol. The van der Waals surface area contributed by atoms with Gasteiger partial charge < -0.3 is 14.8 Å². The Morgan fingerprint density at radius 2 is 2.10 bits per heavy atom. The summed E-state index contributed by atoms with van der Waals surface area (Å²) in [6, 6.07) is 10.5. The molecule has 1 saturated carbocycles. The van der Waals surface area contributed by atoms with Gasteiger partial charge in [0.2, 0.25) is 0 Å². The van der Waals surface area contributed by atoms with Crippen LogP contribution < -0.4 is 10.1 Å². The highest BCUT2D eigenvalue weighted by atomic mass is 16.6. The average Bonchev–Trinajstić information content (AvgIpc) is 2.93. The minimum Gasteiger partial charge on any atom is -0.456 e. The van der Waals surface area contributed by atoms with Crippen molar-refractivity contribution in [2.75, 3.05) is 14.2 Å². The van der Waals surface area contributed by atoms with Gasteiger partial charge in [-0.3, -0.25) is 0 Å². The van der Waals surface area contributed by atoms with Gasteiger partial charge in [-0.1, -0.05) is 18.2 Å². The molecule has 3 atom stereocenters. The van der Waals surface area contributed by atoms with Crippen molar-refractivity contribution in [2.45, 2.75) is 24.7 Å². The highest BCUT2D eigenvalue weighted by Crippen LogP contribution is 2.27. The molecule has 1 aliphatic rings. The number of nitrogens with one attached hydrogen (secondary N) is 1. The quantitative estimate of drug-likeness (QED) is 0.882. The number of nitrogens with zero attached hydrogens (tertiary/aromatic N) is 3. The second kappa shape index (κ2) is 5.60. The molecule has 1 fully saturated rings. The Labute approximate surface area is 117 Å². The van der Waals surface area contributed by atoms with Gasteiger partial charge in [0.05, 0.1) is 5.69 Å². The number of para-hydroxylation sites is 1. The first-order valence-electron chi connectivity index (χ1n) is 6.65. The molecule has 1 aromatic heterocycles. The van der Waals surface area contributed by atoms with Gasteiger partial charge in [0.1, 0.15) is 18.5 Å². The van der Waals surface area contributed by atoms with Crippen molar-refractivity contribution >= 4 is 0 Å².